The van der Waals surface area contributed by atoms with Crippen molar-refractivity contribution >= 4 is 17.5 Å². The maximum Gasteiger partial charge on any atom is 0.275 e. The highest BCUT2D eigenvalue weighted by atomic mass is 19.1. The summed E-state index contributed by atoms with van der Waals surface area (Å²) in [5.74, 6) is -0.824. The van der Waals surface area contributed by atoms with Crippen molar-refractivity contribution in [3.63, 3.8) is 0 Å². The zero-order valence-corrected chi connectivity index (χ0v) is 19.2. The molecule has 8 heteroatoms. The highest BCUT2D eigenvalue weighted by molar-refractivity contribution is 5.99. The topological polar surface area (TPSA) is 79.6 Å². The van der Waals surface area contributed by atoms with Crippen LogP contribution in [0, 0.1) is 5.82 Å². The maximum absolute atomic E-state index is 13.4. The van der Waals surface area contributed by atoms with E-state index in [1.807, 2.05) is 13.0 Å². The average Bonchev–Trinajstić information content (AvgIpc) is 3.13. The number of carbonyl (C=O) groups excluding carboxylic acids is 2. The van der Waals surface area contributed by atoms with Crippen LogP contribution in [0.4, 0.5) is 4.39 Å². The summed E-state index contributed by atoms with van der Waals surface area (Å²) in [6, 6.07) is 7.93. The van der Waals surface area contributed by atoms with Gasteiger partial charge in [-0.3, -0.25) is 9.59 Å². The quantitative estimate of drug-likeness (QED) is 0.665. The number of piperazine rings is 1. The Balaban J connectivity index is 1.83. The molecule has 1 saturated heterocycles. The van der Waals surface area contributed by atoms with Gasteiger partial charge in [0, 0.05) is 23.7 Å². The standard InChI is InChI=1S/C24H28FN5O2/c1-14-12-29(24(5,6)22(32)26-14)21(31)19-13-30-20(27-19)17(23(2,3)4)11-18(28-30)15-7-9-16(25)10-8-15/h7-11,13-14H,12H2,1-6H3,(H,26,32)/t14-/m0/s1. The first-order valence-corrected chi connectivity index (χ1v) is 10.7. The Kier molecular flexibility index (Phi) is 5.07. The van der Waals surface area contributed by atoms with Gasteiger partial charge in [0.2, 0.25) is 5.91 Å². The number of benzene rings is 1. The first-order chi connectivity index (χ1) is 14.9. The van der Waals surface area contributed by atoms with Crippen LogP contribution in [0.1, 0.15) is 57.6 Å². The largest absolute Gasteiger partial charge is 0.350 e. The number of hydrogen-bond acceptors (Lipinski definition) is 4. The molecule has 1 fully saturated rings. The van der Waals surface area contributed by atoms with E-state index >= 15 is 0 Å². The van der Waals surface area contributed by atoms with E-state index in [-0.39, 0.29) is 34.8 Å². The summed E-state index contributed by atoms with van der Waals surface area (Å²) < 4.78 is 15.0. The zero-order valence-electron chi connectivity index (χ0n) is 19.2. The Hall–Kier alpha value is -3.29. The number of amides is 2. The molecule has 1 N–H and O–H groups in total. The third-order valence-corrected chi connectivity index (χ3v) is 5.90. The molecule has 0 bridgehead atoms. The molecule has 4 rings (SSSR count). The summed E-state index contributed by atoms with van der Waals surface area (Å²) in [7, 11) is 0. The molecule has 1 aliphatic rings. The zero-order chi connectivity index (χ0) is 23.4. The smallest absolute Gasteiger partial charge is 0.275 e. The first-order valence-electron chi connectivity index (χ1n) is 10.7. The molecule has 0 unspecified atom stereocenters. The minimum atomic E-state index is -0.987. The molecule has 2 amide bonds. The summed E-state index contributed by atoms with van der Waals surface area (Å²) in [6.45, 7) is 11.9. The lowest BCUT2D eigenvalue weighted by Gasteiger charge is -2.43. The minimum absolute atomic E-state index is 0.148. The molecule has 32 heavy (non-hydrogen) atoms. The summed E-state index contributed by atoms with van der Waals surface area (Å²) in [5.41, 5.74) is 1.89. The fraction of sp³-hybridized carbons (Fsp3) is 0.417. The van der Waals surface area contributed by atoms with E-state index in [9.17, 15) is 14.0 Å². The molecule has 0 saturated carbocycles. The van der Waals surface area contributed by atoms with Crippen molar-refractivity contribution in [2.24, 2.45) is 0 Å². The summed E-state index contributed by atoms with van der Waals surface area (Å²) >= 11 is 0. The van der Waals surface area contributed by atoms with Crippen molar-refractivity contribution < 1.29 is 14.0 Å². The molecule has 7 nitrogen and oxygen atoms in total. The van der Waals surface area contributed by atoms with Crippen LogP contribution in [0.2, 0.25) is 0 Å². The molecule has 1 atom stereocenters. The molecular weight excluding hydrogens is 409 g/mol. The molecule has 1 aliphatic heterocycles. The Labute approximate surface area is 186 Å². The second-order valence-corrected chi connectivity index (χ2v) is 9.94. The minimum Gasteiger partial charge on any atom is -0.350 e. The number of nitrogens with one attached hydrogen (secondary N) is 1. The Bertz CT molecular complexity index is 1210. The first kappa shape index (κ1) is 21.9. The van der Waals surface area contributed by atoms with E-state index in [2.05, 4.69) is 36.2 Å². The molecule has 2 aromatic heterocycles. The van der Waals surface area contributed by atoms with Gasteiger partial charge in [-0.25, -0.2) is 13.9 Å². The van der Waals surface area contributed by atoms with E-state index in [1.54, 1.807) is 41.6 Å². The van der Waals surface area contributed by atoms with Crippen LogP contribution in [0.3, 0.4) is 0 Å². The normalized spacial score (nSPS) is 18.7. The van der Waals surface area contributed by atoms with Gasteiger partial charge < -0.3 is 10.2 Å². The maximum atomic E-state index is 13.4. The van der Waals surface area contributed by atoms with Gasteiger partial charge >= 0.3 is 0 Å². The van der Waals surface area contributed by atoms with Crippen molar-refractivity contribution in [3.8, 4) is 11.3 Å². The lowest BCUT2D eigenvalue weighted by atomic mass is 9.87. The third kappa shape index (κ3) is 3.74. The van der Waals surface area contributed by atoms with Gasteiger partial charge in [0.25, 0.3) is 5.91 Å². The van der Waals surface area contributed by atoms with Gasteiger partial charge in [0.05, 0.1) is 11.9 Å². The van der Waals surface area contributed by atoms with Crippen molar-refractivity contribution in [1.82, 2.24) is 24.8 Å². The number of fused-ring (bicyclic) bond motifs is 1. The van der Waals surface area contributed by atoms with Crippen LogP contribution >= 0.6 is 0 Å². The monoisotopic (exact) mass is 437 g/mol. The number of halogens is 1. The van der Waals surface area contributed by atoms with Crippen LogP contribution in [0.15, 0.2) is 36.5 Å². The van der Waals surface area contributed by atoms with E-state index in [0.29, 0.717) is 17.9 Å². The average molecular weight is 438 g/mol. The fourth-order valence-electron chi connectivity index (χ4n) is 3.94. The molecule has 3 aromatic rings. The predicted octanol–water partition coefficient (Wildman–Crippen LogP) is 3.57. The Morgan fingerprint density at radius 2 is 1.88 bits per heavy atom. The van der Waals surface area contributed by atoms with Crippen LogP contribution in [0.5, 0.6) is 0 Å². The third-order valence-electron chi connectivity index (χ3n) is 5.90. The molecule has 0 aliphatic carbocycles. The van der Waals surface area contributed by atoms with Crippen molar-refractivity contribution in [2.75, 3.05) is 6.54 Å². The van der Waals surface area contributed by atoms with Crippen LogP contribution in [-0.4, -0.2) is 49.4 Å². The van der Waals surface area contributed by atoms with Crippen molar-refractivity contribution in [1.29, 1.82) is 0 Å². The molecule has 3 heterocycles. The number of hydrogen-bond donors (Lipinski definition) is 1. The Morgan fingerprint density at radius 1 is 1.22 bits per heavy atom. The number of imidazole rings is 1. The van der Waals surface area contributed by atoms with Gasteiger partial charge in [-0.1, -0.05) is 20.8 Å². The Morgan fingerprint density at radius 3 is 2.50 bits per heavy atom. The molecule has 0 spiro atoms. The second-order valence-electron chi connectivity index (χ2n) is 9.94. The highest BCUT2D eigenvalue weighted by Gasteiger charge is 2.43. The number of carbonyl (C=O) groups is 2. The SMILES string of the molecule is C[C@H]1CN(C(=O)c2cn3nc(-c4ccc(F)cc4)cc(C(C)(C)C)c3n2)C(C)(C)C(=O)N1. The summed E-state index contributed by atoms with van der Waals surface area (Å²) in [4.78, 5) is 32.1. The number of aromatic nitrogens is 3. The van der Waals surface area contributed by atoms with Gasteiger partial charge in [0.1, 0.15) is 17.1 Å². The highest BCUT2D eigenvalue weighted by Crippen LogP contribution is 2.30. The van der Waals surface area contributed by atoms with E-state index in [4.69, 9.17) is 0 Å². The second kappa shape index (κ2) is 7.39. The van der Waals surface area contributed by atoms with Gasteiger partial charge in [-0.05, 0) is 56.5 Å². The van der Waals surface area contributed by atoms with Crippen molar-refractivity contribution in [2.45, 2.75) is 58.5 Å². The summed E-state index contributed by atoms with van der Waals surface area (Å²) in [6.07, 6.45) is 1.60. The molecule has 1 aromatic carbocycles. The van der Waals surface area contributed by atoms with Gasteiger partial charge in [-0.2, -0.15) is 5.10 Å². The van der Waals surface area contributed by atoms with E-state index in [0.717, 1.165) is 11.1 Å². The lowest BCUT2D eigenvalue weighted by Crippen LogP contribution is -2.66. The molecule has 168 valence electrons. The van der Waals surface area contributed by atoms with Crippen molar-refractivity contribution in [3.05, 3.63) is 53.6 Å². The number of rotatable bonds is 2. The summed E-state index contributed by atoms with van der Waals surface area (Å²) in [5, 5.41) is 7.54. The van der Waals surface area contributed by atoms with Crippen LogP contribution in [-0.2, 0) is 10.2 Å². The number of nitrogens with zero attached hydrogens (tertiary/aromatic N) is 4. The van der Waals surface area contributed by atoms with Crippen LogP contribution < -0.4 is 5.32 Å². The van der Waals surface area contributed by atoms with Crippen LogP contribution in [0.25, 0.3) is 16.9 Å². The predicted molar refractivity (Wildman–Crippen MR) is 120 cm³/mol. The lowest BCUT2D eigenvalue weighted by molar-refractivity contribution is -0.134. The molecular formula is C24H28FN5O2. The van der Waals surface area contributed by atoms with E-state index < -0.39 is 5.54 Å². The van der Waals surface area contributed by atoms with E-state index in [1.165, 1.54) is 12.1 Å². The van der Waals surface area contributed by atoms with Gasteiger partial charge in [-0.15, -0.1) is 0 Å². The fourth-order valence-corrected chi connectivity index (χ4v) is 3.94. The molecule has 0 radical (unpaired) electrons. The van der Waals surface area contributed by atoms with Gasteiger partial charge in [0.15, 0.2) is 5.65 Å².